The van der Waals surface area contributed by atoms with Crippen LogP contribution in [-0.4, -0.2) is 11.0 Å². The number of urea groups is 1. The molecule has 0 aliphatic heterocycles. The maximum absolute atomic E-state index is 11.1. The number of nitrogens with zero attached hydrogens (tertiary/aromatic N) is 1. The molecule has 0 saturated carbocycles. The number of carbonyl (C=O) groups excluding carboxylic acids is 1. The summed E-state index contributed by atoms with van der Waals surface area (Å²) in [7, 11) is 0. The molecule has 0 saturated heterocycles. The zero-order valence-corrected chi connectivity index (χ0v) is 7.90. The molecule has 0 bridgehead atoms. The van der Waals surface area contributed by atoms with Gasteiger partial charge in [-0.15, -0.1) is 0 Å². The molecular weight excluding hydrogens is 192 g/mol. The van der Waals surface area contributed by atoms with Gasteiger partial charge in [0, 0.05) is 11.6 Å². The minimum Gasteiger partial charge on any atom is -0.306 e. The van der Waals surface area contributed by atoms with Crippen LogP contribution in [-0.2, 0) is 0 Å². The van der Waals surface area contributed by atoms with E-state index in [2.05, 4.69) is 10.3 Å². The van der Waals surface area contributed by atoms with Gasteiger partial charge in [-0.25, -0.2) is 10.6 Å². The largest absolute Gasteiger partial charge is 0.333 e. The number of nitrogens with one attached hydrogen (secondary N) is 2. The molecule has 1 aromatic heterocycles. The minimum atomic E-state index is -0.452. The average molecular weight is 202 g/mol. The predicted molar refractivity (Wildman–Crippen MR) is 58.1 cm³/mol. The number of hydrogen-bond acceptors (Lipinski definition) is 3. The number of nitrogens with two attached hydrogens (primary N) is 1. The van der Waals surface area contributed by atoms with Gasteiger partial charge in [0.15, 0.2) is 0 Å². The lowest BCUT2D eigenvalue weighted by molar-refractivity contribution is 0.252. The molecule has 0 radical (unpaired) electrons. The van der Waals surface area contributed by atoms with Gasteiger partial charge in [0.2, 0.25) is 0 Å². The Balaban J connectivity index is 2.46. The quantitative estimate of drug-likeness (QED) is 0.369. The van der Waals surface area contributed by atoms with Crippen LogP contribution in [0.1, 0.15) is 0 Å². The molecule has 0 unspecified atom stereocenters. The summed E-state index contributed by atoms with van der Waals surface area (Å²) in [6.07, 6.45) is 1.70. The van der Waals surface area contributed by atoms with Crippen molar-refractivity contribution in [1.82, 2.24) is 10.4 Å². The number of benzene rings is 1. The van der Waals surface area contributed by atoms with Crippen molar-refractivity contribution in [1.29, 1.82) is 0 Å². The van der Waals surface area contributed by atoms with Crippen LogP contribution >= 0.6 is 0 Å². The third-order valence-electron chi connectivity index (χ3n) is 2.02. The Morgan fingerprint density at radius 3 is 2.93 bits per heavy atom. The normalized spacial score (nSPS) is 9.93. The van der Waals surface area contributed by atoms with Crippen LogP contribution in [0.4, 0.5) is 10.5 Å². The van der Waals surface area contributed by atoms with Crippen molar-refractivity contribution in [2.75, 3.05) is 5.32 Å². The summed E-state index contributed by atoms with van der Waals surface area (Å²) >= 11 is 0. The smallest absolute Gasteiger partial charge is 0.306 e. The van der Waals surface area contributed by atoms with E-state index in [0.717, 1.165) is 10.9 Å². The van der Waals surface area contributed by atoms with Gasteiger partial charge in [0.05, 0.1) is 11.2 Å². The first kappa shape index (κ1) is 9.42. The van der Waals surface area contributed by atoms with Gasteiger partial charge in [-0.05, 0) is 24.3 Å². The molecule has 0 aliphatic carbocycles. The molecule has 2 aromatic rings. The second-order valence-electron chi connectivity index (χ2n) is 2.97. The summed E-state index contributed by atoms with van der Waals surface area (Å²) in [6.45, 7) is 0. The summed E-state index contributed by atoms with van der Waals surface area (Å²) in [5.41, 5.74) is 3.52. The highest BCUT2D eigenvalue weighted by Crippen LogP contribution is 2.20. The van der Waals surface area contributed by atoms with Crippen molar-refractivity contribution in [3.05, 3.63) is 36.5 Å². The fourth-order valence-electron chi connectivity index (χ4n) is 1.37. The highest BCUT2D eigenvalue weighted by molar-refractivity contribution is 6.00. The first-order valence-electron chi connectivity index (χ1n) is 4.42. The van der Waals surface area contributed by atoms with Gasteiger partial charge in [-0.2, -0.15) is 0 Å². The molecule has 0 atom stereocenters. The molecular formula is C10H10N4O. The lowest BCUT2D eigenvalue weighted by Gasteiger charge is -2.06. The molecule has 15 heavy (non-hydrogen) atoms. The zero-order chi connectivity index (χ0) is 10.7. The van der Waals surface area contributed by atoms with Crippen LogP contribution < -0.4 is 16.6 Å². The second-order valence-corrected chi connectivity index (χ2v) is 2.97. The molecule has 76 valence electrons. The van der Waals surface area contributed by atoms with Gasteiger partial charge in [0.1, 0.15) is 0 Å². The summed E-state index contributed by atoms with van der Waals surface area (Å²) in [6, 6.07) is 8.73. The highest BCUT2D eigenvalue weighted by Gasteiger charge is 2.03. The van der Waals surface area contributed by atoms with E-state index in [9.17, 15) is 4.79 Å². The number of hydrazine groups is 1. The van der Waals surface area contributed by atoms with Crippen molar-refractivity contribution < 1.29 is 4.79 Å². The molecule has 0 fully saturated rings. The lowest BCUT2D eigenvalue weighted by Crippen LogP contribution is -2.34. The fourth-order valence-corrected chi connectivity index (χ4v) is 1.37. The third kappa shape index (κ3) is 1.87. The number of amides is 2. The predicted octanol–water partition coefficient (Wildman–Crippen LogP) is 1.23. The van der Waals surface area contributed by atoms with Crippen LogP contribution in [0.25, 0.3) is 10.9 Å². The number of hydrogen-bond donors (Lipinski definition) is 3. The molecule has 2 amide bonds. The Hall–Kier alpha value is -2.14. The topological polar surface area (TPSA) is 80.0 Å². The van der Waals surface area contributed by atoms with Crippen LogP contribution in [0.2, 0.25) is 0 Å². The van der Waals surface area contributed by atoms with E-state index in [1.807, 2.05) is 29.7 Å². The van der Waals surface area contributed by atoms with Gasteiger partial charge in [-0.3, -0.25) is 10.4 Å². The monoisotopic (exact) mass is 202 g/mol. The molecule has 0 spiro atoms. The summed E-state index contributed by atoms with van der Waals surface area (Å²) in [5, 5.41) is 3.50. The van der Waals surface area contributed by atoms with E-state index < -0.39 is 6.03 Å². The van der Waals surface area contributed by atoms with E-state index in [0.29, 0.717) is 5.69 Å². The Labute approximate surface area is 86.3 Å². The highest BCUT2D eigenvalue weighted by atomic mass is 16.2. The molecule has 5 nitrogen and oxygen atoms in total. The first-order chi connectivity index (χ1) is 7.31. The zero-order valence-electron chi connectivity index (χ0n) is 7.90. The molecule has 5 heteroatoms. The molecule has 4 N–H and O–H groups in total. The summed E-state index contributed by atoms with van der Waals surface area (Å²) in [5.74, 6) is 4.99. The maximum Gasteiger partial charge on any atom is 0.333 e. The number of aromatic nitrogens is 1. The number of carbonyl (C=O) groups is 1. The van der Waals surface area contributed by atoms with E-state index in [4.69, 9.17) is 5.84 Å². The standard InChI is InChI=1S/C10H10N4O/c11-14-10(15)13-9-5-1-4-8-7(9)3-2-6-12-8/h1-6H,11H2,(H2,13,14,15). The van der Waals surface area contributed by atoms with Gasteiger partial charge in [0.25, 0.3) is 0 Å². The number of anilines is 1. The minimum absolute atomic E-state index is 0.452. The van der Waals surface area contributed by atoms with Crippen molar-refractivity contribution >= 4 is 22.6 Å². The second kappa shape index (κ2) is 3.93. The van der Waals surface area contributed by atoms with E-state index in [-0.39, 0.29) is 0 Å². The number of rotatable bonds is 1. The summed E-state index contributed by atoms with van der Waals surface area (Å²) in [4.78, 5) is 15.2. The SMILES string of the molecule is NNC(=O)Nc1cccc2ncccc12. The van der Waals surface area contributed by atoms with Gasteiger partial charge < -0.3 is 5.32 Å². The Kier molecular flexibility index (Phi) is 2.47. The Bertz CT molecular complexity index is 492. The maximum atomic E-state index is 11.1. The van der Waals surface area contributed by atoms with Crippen molar-refractivity contribution in [2.24, 2.45) is 5.84 Å². The van der Waals surface area contributed by atoms with Crippen molar-refractivity contribution in [3.63, 3.8) is 0 Å². The number of fused-ring (bicyclic) bond motifs is 1. The lowest BCUT2D eigenvalue weighted by atomic mass is 10.2. The van der Waals surface area contributed by atoms with Crippen molar-refractivity contribution in [2.45, 2.75) is 0 Å². The van der Waals surface area contributed by atoms with Crippen LogP contribution in [0, 0.1) is 0 Å². The first-order valence-corrected chi connectivity index (χ1v) is 4.42. The van der Waals surface area contributed by atoms with Gasteiger partial charge in [-0.1, -0.05) is 6.07 Å². The Morgan fingerprint density at radius 1 is 1.27 bits per heavy atom. The van der Waals surface area contributed by atoms with Gasteiger partial charge >= 0.3 is 6.03 Å². The average Bonchev–Trinajstić information content (AvgIpc) is 2.29. The van der Waals surface area contributed by atoms with Crippen molar-refractivity contribution in [3.8, 4) is 0 Å². The van der Waals surface area contributed by atoms with Crippen LogP contribution in [0.5, 0.6) is 0 Å². The van der Waals surface area contributed by atoms with E-state index in [1.165, 1.54) is 0 Å². The Morgan fingerprint density at radius 2 is 2.13 bits per heavy atom. The number of pyridine rings is 1. The van der Waals surface area contributed by atoms with Crippen LogP contribution in [0.3, 0.4) is 0 Å². The molecule has 0 aliphatic rings. The molecule has 1 aromatic carbocycles. The molecule has 1 heterocycles. The van der Waals surface area contributed by atoms with E-state index >= 15 is 0 Å². The van der Waals surface area contributed by atoms with Crippen LogP contribution in [0.15, 0.2) is 36.5 Å². The fraction of sp³-hybridized carbons (Fsp3) is 0. The summed E-state index contributed by atoms with van der Waals surface area (Å²) < 4.78 is 0. The molecule has 2 rings (SSSR count). The third-order valence-corrected chi connectivity index (χ3v) is 2.02. The van der Waals surface area contributed by atoms with E-state index in [1.54, 1.807) is 12.3 Å².